The molecule has 1 saturated heterocycles. The van der Waals surface area contributed by atoms with Crippen LogP contribution in [-0.2, 0) is 11.8 Å². The molecule has 2 aromatic rings. The van der Waals surface area contributed by atoms with Crippen molar-refractivity contribution in [2.24, 2.45) is 7.05 Å². The Kier molecular flexibility index (Phi) is 4.14. The van der Waals surface area contributed by atoms with Crippen LogP contribution in [0.3, 0.4) is 0 Å². The molecule has 9 nitrogen and oxygen atoms in total. The average Bonchev–Trinajstić information content (AvgIpc) is 2.90. The first-order valence-corrected chi connectivity index (χ1v) is 7.43. The molecular weight excluding hydrogens is 284 g/mol. The molecule has 3 rings (SSSR count). The molecule has 1 N–H and O–H groups in total. The summed E-state index contributed by atoms with van der Waals surface area (Å²) in [5.74, 6) is 0.894. The quantitative estimate of drug-likeness (QED) is 0.776. The molecule has 0 aromatic carbocycles. The fourth-order valence-electron chi connectivity index (χ4n) is 2.65. The third-order valence-electron chi connectivity index (χ3n) is 3.78. The van der Waals surface area contributed by atoms with E-state index in [-0.39, 0.29) is 5.91 Å². The minimum Gasteiger partial charge on any atom is -0.355 e. The van der Waals surface area contributed by atoms with Gasteiger partial charge in [0.15, 0.2) is 17.0 Å². The van der Waals surface area contributed by atoms with Gasteiger partial charge in [-0.05, 0) is 6.92 Å². The zero-order valence-electron chi connectivity index (χ0n) is 12.9. The number of rotatable bonds is 4. The topological polar surface area (TPSA) is 92.1 Å². The van der Waals surface area contributed by atoms with E-state index in [0.717, 1.165) is 43.2 Å². The maximum Gasteiger partial charge on any atom is 0.234 e. The Bertz CT molecular complexity index is 661. The second-order valence-electron chi connectivity index (χ2n) is 5.30. The van der Waals surface area contributed by atoms with Gasteiger partial charge in [-0.3, -0.25) is 9.69 Å². The summed E-state index contributed by atoms with van der Waals surface area (Å²) in [7, 11) is 1.82. The molecule has 9 heteroatoms. The van der Waals surface area contributed by atoms with Crippen LogP contribution in [0.4, 0.5) is 5.82 Å². The van der Waals surface area contributed by atoms with E-state index in [9.17, 15) is 4.79 Å². The van der Waals surface area contributed by atoms with Gasteiger partial charge in [0, 0.05) is 39.8 Å². The zero-order chi connectivity index (χ0) is 15.5. The first-order chi connectivity index (χ1) is 10.7. The Morgan fingerprint density at radius 2 is 2.05 bits per heavy atom. The summed E-state index contributed by atoms with van der Waals surface area (Å²) in [5, 5.41) is 11.0. The summed E-state index contributed by atoms with van der Waals surface area (Å²) >= 11 is 0. The van der Waals surface area contributed by atoms with Crippen molar-refractivity contribution in [2.75, 3.05) is 44.2 Å². The Hall–Kier alpha value is -2.29. The lowest BCUT2D eigenvalue weighted by Crippen LogP contribution is -2.49. The standard InChI is InChI=1S/C13H20N8O/c1-3-14-10(22)8-20-4-6-21(7-5-20)13-11-12(15-9-16-13)19(2)18-17-11/h9H,3-8H2,1-2H3,(H,14,22). The molecule has 0 bridgehead atoms. The van der Waals surface area contributed by atoms with E-state index in [0.29, 0.717) is 13.1 Å². The fraction of sp³-hybridized carbons (Fsp3) is 0.615. The maximum absolute atomic E-state index is 11.6. The molecule has 1 aliphatic rings. The molecule has 0 spiro atoms. The highest BCUT2D eigenvalue weighted by atomic mass is 16.2. The number of nitrogens with zero attached hydrogens (tertiary/aromatic N) is 7. The van der Waals surface area contributed by atoms with Gasteiger partial charge in [-0.2, -0.15) is 0 Å². The molecule has 0 unspecified atom stereocenters. The Morgan fingerprint density at radius 3 is 2.77 bits per heavy atom. The normalized spacial score (nSPS) is 16.2. The minimum atomic E-state index is 0.0781. The molecule has 1 aliphatic heterocycles. The van der Waals surface area contributed by atoms with Gasteiger partial charge >= 0.3 is 0 Å². The lowest BCUT2D eigenvalue weighted by Gasteiger charge is -2.34. The maximum atomic E-state index is 11.6. The molecule has 0 radical (unpaired) electrons. The number of aryl methyl sites for hydroxylation is 1. The van der Waals surface area contributed by atoms with Crippen LogP contribution in [0.15, 0.2) is 6.33 Å². The van der Waals surface area contributed by atoms with Crippen LogP contribution < -0.4 is 10.2 Å². The molecule has 22 heavy (non-hydrogen) atoms. The fourth-order valence-corrected chi connectivity index (χ4v) is 2.65. The number of hydrogen-bond donors (Lipinski definition) is 1. The van der Waals surface area contributed by atoms with Gasteiger partial charge in [-0.15, -0.1) is 5.10 Å². The molecule has 1 fully saturated rings. The Morgan fingerprint density at radius 1 is 1.27 bits per heavy atom. The summed E-state index contributed by atoms with van der Waals surface area (Å²) < 4.78 is 1.64. The van der Waals surface area contributed by atoms with Crippen LogP contribution in [-0.4, -0.2) is 75.0 Å². The van der Waals surface area contributed by atoms with E-state index >= 15 is 0 Å². The SMILES string of the molecule is CCNC(=O)CN1CCN(c2ncnc3c2nnn3C)CC1. The van der Waals surface area contributed by atoms with E-state index in [2.05, 4.69) is 35.4 Å². The van der Waals surface area contributed by atoms with Gasteiger partial charge in [0.25, 0.3) is 0 Å². The molecule has 1 amide bonds. The molecule has 3 heterocycles. The van der Waals surface area contributed by atoms with E-state index in [4.69, 9.17) is 0 Å². The lowest BCUT2D eigenvalue weighted by atomic mass is 10.3. The summed E-state index contributed by atoms with van der Waals surface area (Å²) in [5.41, 5.74) is 1.46. The first-order valence-electron chi connectivity index (χ1n) is 7.43. The van der Waals surface area contributed by atoms with E-state index in [1.165, 1.54) is 0 Å². The van der Waals surface area contributed by atoms with Crippen LogP contribution in [0.25, 0.3) is 11.2 Å². The van der Waals surface area contributed by atoms with Crippen molar-refractivity contribution < 1.29 is 4.79 Å². The van der Waals surface area contributed by atoms with Crippen LogP contribution in [0.1, 0.15) is 6.92 Å². The van der Waals surface area contributed by atoms with Gasteiger partial charge in [-0.1, -0.05) is 5.21 Å². The summed E-state index contributed by atoms with van der Waals surface area (Å²) in [6.45, 7) is 6.31. The van der Waals surface area contributed by atoms with Crippen molar-refractivity contribution in [2.45, 2.75) is 6.92 Å². The Balaban J connectivity index is 1.67. The number of amides is 1. The monoisotopic (exact) mass is 304 g/mol. The number of carbonyl (C=O) groups is 1. The highest BCUT2D eigenvalue weighted by molar-refractivity contribution is 5.82. The van der Waals surface area contributed by atoms with Crippen LogP contribution in [0, 0.1) is 0 Å². The van der Waals surface area contributed by atoms with E-state index in [1.54, 1.807) is 11.0 Å². The predicted octanol–water partition coefficient (Wildman–Crippen LogP) is -0.984. The molecule has 0 aliphatic carbocycles. The molecule has 2 aromatic heterocycles. The number of anilines is 1. The van der Waals surface area contributed by atoms with Crippen molar-refractivity contribution >= 4 is 22.9 Å². The summed E-state index contributed by atoms with van der Waals surface area (Å²) in [6.07, 6.45) is 1.54. The van der Waals surface area contributed by atoms with Gasteiger partial charge < -0.3 is 10.2 Å². The third-order valence-corrected chi connectivity index (χ3v) is 3.78. The largest absolute Gasteiger partial charge is 0.355 e. The van der Waals surface area contributed by atoms with Gasteiger partial charge in [0.2, 0.25) is 5.91 Å². The van der Waals surface area contributed by atoms with E-state index < -0.39 is 0 Å². The zero-order valence-corrected chi connectivity index (χ0v) is 12.9. The summed E-state index contributed by atoms with van der Waals surface area (Å²) in [4.78, 5) is 24.5. The minimum absolute atomic E-state index is 0.0781. The van der Waals surface area contributed by atoms with Crippen LogP contribution in [0.2, 0.25) is 0 Å². The number of aromatic nitrogens is 5. The van der Waals surface area contributed by atoms with Gasteiger partial charge in [0.1, 0.15) is 6.33 Å². The highest BCUT2D eigenvalue weighted by Crippen LogP contribution is 2.21. The van der Waals surface area contributed by atoms with Crippen molar-refractivity contribution in [3.05, 3.63) is 6.33 Å². The number of nitrogens with one attached hydrogen (secondary N) is 1. The Labute approximate surface area is 128 Å². The van der Waals surface area contributed by atoms with Crippen LogP contribution >= 0.6 is 0 Å². The average molecular weight is 304 g/mol. The number of fused-ring (bicyclic) bond motifs is 1. The molecular formula is C13H20N8O. The number of carbonyl (C=O) groups excluding carboxylic acids is 1. The number of piperazine rings is 1. The highest BCUT2D eigenvalue weighted by Gasteiger charge is 2.22. The van der Waals surface area contributed by atoms with Gasteiger partial charge in [-0.25, -0.2) is 14.6 Å². The molecule has 0 atom stereocenters. The lowest BCUT2D eigenvalue weighted by molar-refractivity contribution is -0.122. The van der Waals surface area contributed by atoms with Crippen molar-refractivity contribution in [3.63, 3.8) is 0 Å². The molecule has 118 valence electrons. The number of likely N-dealkylation sites (N-methyl/N-ethyl adjacent to an activating group) is 1. The molecule has 0 saturated carbocycles. The van der Waals surface area contributed by atoms with Crippen LogP contribution in [0.5, 0.6) is 0 Å². The van der Waals surface area contributed by atoms with Crippen molar-refractivity contribution in [1.82, 2.24) is 35.2 Å². The van der Waals surface area contributed by atoms with Crippen molar-refractivity contribution in [1.29, 1.82) is 0 Å². The van der Waals surface area contributed by atoms with Gasteiger partial charge in [0.05, 0.1) is 6.54 Å². The first kappa shape index (κ1) is 14.6. The predicted molar refractivity (Wildman–Crippen MR) is 81.4 cm³/mol. The van der Waals surface area contributed by atoms with E-state index in [1.807, 2.05) is 14.0 Å². The van der Waals surface area contributed by atoms with Crippen molar-refractivity contribution in [3.8, 4) is 0 Å². The second kappa shape index (κ2) is 6.22. The smallest absolute Gasteiger partial charge is 0.234 e. The summed E-state index contributed by atoms with van der Waals surface area (Å²) in [6, 6.07) is 0. The third kappa shape index (κ3) is 2.84. The number of hydrogen-bond acceptors (Lipinski definition) is 7. The second-order valence-corrected chi connectivity index (χ2v) is 5.30.